The third-order valence-electron chi connectivity index (χ3n) is 12.3. The summed E-state index contributed by atoms with van der Waals surface area (Å²) in [5.41, 5.74) is 19.5. The third kappa shape index (κ3) is 7.12. The fourth-order valence-corrected chi connectivity index (χ4v) is 9.18. The van der Waals surface area contributed by atoms with Crippen molar-refractivity contribution >= 4 is 38.8 Å². The van der Waals surface area contributed by atoms with E-state index in [0.29, 0.717) is 0 Å². The lowest BCUT2D eigenvalue weighted by atomic mass is 9.94. The van der Waals surface area contributed by atoms with Crippen LogP contribution in [0.25, 0.3) is 77.6 Å². The minimum atomic E-state index is 0.949. The standard InChI is InChI=1S/C60H44N2/c1-3-13-43(14-4-1)45-29-35-53(36-30-45)61(54-37-31-46(32-38-54)44-15-5-2-6-16-44)56-20-12-19-52(42-56)48-27-25-47(26-28-48)50-17-11-18-51(41-50)49-33-39-55(40-34-49)62-59-23-9-7-21-57(59)58-22-8-10-24-60(58)62/h1-31,33-37,39-42H,32,38H2. The Bertz CT molecular complexity index is 3190. The van der Waals surface area contributed by atoms with E-state index in [2.05, 4.69) is 252 Å². The molecule has 0 spiro atoms. The van der Waals surface area contributed by atoms with Crippen LogP contribution in [-0.2, 0) is 0 Å². The first-order valence-corrected chi connectivity index (χ1v) is 21.5. The summed E-state index contributed by atoms with van der Waals surface area (Å²) in [5, 5.41) is 2.55. The van der Waals surface area contributed by atoms with Crippen LogP contribution in [-0.4, -0.2) is 4.57 Å². The lowest BCUT2D eigenvalue weighted by Gasteiger charge is -2.30. The molecule has 10 aromatic rings. The van der Waals surface area contributed by atoms with Crippen LogP contribution in [0.15, 0.2) is 248 Å². The van der Waals surface area contributed by atoms with Gasteiger partial charge >= 0.3 is 0 Å². The van der Waals surface area contributed by atoms with Gasteiger partial charge in [-0.1, -0.05) is 182 Å². The molecular weight excluding hydrogens is 749 g/mol. The molecular formula is C60H44N2. The Morgan fingerprint density at radius 3 is 1.34 bits per heavy atom. The molecule has 0 saturated heterocycles. The van der Waals surface area contributed by atoms with Crippen LogP contribution >= 0.6 is 0 Å². The quantitative estimate of drug-likeness (QED) is 0.141. The van der Waals surface area contributed by atoms with Crippen LogP contribution in [0, 0.1) is 0 Å². The summed E-state index contributed by atoms with van der Waals surface area (Å²) in [7, 11) is 0. The van der Waals surface area contributed by atoms with E-state index in [1.54, 1.807) is 0 Å². The van der Waals surface area contributed by atoms with Gasteiger partial charge in [0.2, 0.25) is 0 Å². The van der Waals surface area contributed by atoms with Gasteiger partial charge in [-0.15, -0.1) is 0 Å². The van der Waals surface area contributed by atoms with E-state index < -0.39 is 0 Å². The molecule has 11 rings (SSSR count). The highest BCUT2D eigenvalue weighted by atomic mass is 15.1. The van der Waals surface area contributed by atoms with Crippen molar-refractivity contribution in [3.8, 4) is 50.2 Å². The number of fused-ring (bicyclic) bond motifs is 3. The van der Waals surface area contributed by atoms with Gasteiger partial charge in [0, 0.05) is 33.5 Å². The zero-order valence-corrected chi connectivity index (χ0v) is 34.4. The molecule has 2 nitrogen and oxygen atoms in total. The number of benzene rings is 9. The first kappa shape index (κ1) is 37.1. The number of para-hydroxylation sites is 2. The molecule has 0 radical (unpaired) electrons. The van der Waals surface area contributed by atoms with Crippen molar-refractivity contribution in [3.63, 3.8) is 0 Å². The van der Waals surface area contributed by atoms with Crippen LogP contribution in [0.5, 0.6) is 0 Å². The summed E-state index contributed by atoms with van der Waals surface area (Å²) >= 11 is 0. The zero-order valence-electron chi connectivity index (χ0n) is 34.4. The Morgan fingerprint density at radius 1 is 0.306 bits per heavy atom. The first-order valence-electron chi connectivity index (χ1n) is 21.5. The summed E-state index contributed by atoms with van der Waals surface area (Å²) in [5.74, 6) is 0. The number of hydrogen-bond donors (Lipinski definition) is 0. The van der Waals surface area contributed by atoms with E-state index in [0.717, 1.165) is 29.9 Å². The highest BCUT2D eigenvalue weighted by Gasteiger charge is 2.19. The predicted octanol–water partition coefficient (Wildman–Crippen LogP) is 16.4. The van der Waals surface area contributed by atoms with Gasteiger partial charge in [-0.05, 0) is 129 Å². The Morgan fingerprint density at radius 2 is 0.758 bits per heavy atom. The smallest absolute Gasteiger partial charge is 0.0541 e. The normalized spacial score (nSPS) is 12.6. The zero-order chi connectivity index (χ0) is 41.2. The monoisotopic (exact) mass is 792 g/mol. The molecule has 9 aromatic carbocycles. The lowest BCUT2D eigenvalue weighted by molar-refractivity contribution is 0.930. The number of hydrogen-bond acceptors (Lipinski definition) is 1. The lowest BCUT2D eigenvalue weighted by Crippen LogP contribution is -2.18. The van der Waals surface area contributed by atoms with E-state index in [1.165, 1.54) is 83.1 Å². The summed E-state index contributed by atoms with van der Waals surface area (Å²) in [6.45, 7) is 0. The molecule has 0 atom stereocenters. The molecule has 0 bridgehead atoms. The molecule has 62 heavy (non-hydrogen) atoms. The molecule has 0 unspecified atom stereocenters. The molecule has 0 N–H and O–H groups in total. The maximum atomic E-state index is 2.44. The Balaban J connectivity index is 0.876. The maximum Gasteiger partial charge on any atom is 0.0541 e. The Hall–Kier alpha value is -7.94. The van der Waals surface area contributed by atoms with Gasteiger partial charge in [0.1, 0.15) is 0 Å². The van der Waals surface area contributed by atoms with Gasteiger partial charge in [-0.3, -0.25) is 0 Å². The summed E-state index contributed by atoms with van der Waals surface area (Å²) in [6, 6.07) is 83.6. The number of aromatic nitrogens is 1. The highest BCUT2D eigenvalue weighted by molar-refractivity contribution is 6.09. The third-order valence-corrected chi connectivity index (χ3v) is 12.3. The van der Waals surface area contributed by atoms with Crippen molar-refractivity contribution < 1.29 is 0 Å². The van der Waals surface area contributed by atoms with E-state index in [9.17, 15) is 0 Å². The van der Waals surface area contributed by atoms with Gasteiger partial charge in [0.25, 0.3) is 0 Å². The maximum absolute atomic E-state index is 2.44. The van der Waals surface area contributed by atoms with Gasteiger partial charge < -0.3 is 9.47 Å². The number of anilines is 2. The minimum Gasteiger partial charge on any atom is -0.314 e. The SMILES string of the molecule is C1=C(c2ccccc2)CCC(N(c2ccc(-c3ccccc3)cc2)c2cccc(-c3ccc(-c4cccc(-c5ccc(-n6c7ccccc7c7ccccc76)cc5)c4)cc3)c2)=C1. The number of nitrogens with zero attached hydrogens (tertiary/aromatic N) is 2. The Kier molecular flexibility index (Phi) is 9.72. The molecule has 0 saturated carbocycles. The van der Waals surface area contributed by atoms with Crippen molar-refractivity contribution in [2.75, 3.05) is 4.90 Å². The molecule has 1 aliphatic rings. The minimum absolute atomic E-state index is 0.949. The second kappa shape index (κ2) is 16.3. The molecule has 0 aliphatic heterocycles. The van der Waals surface area contributed by atoms with Crippen molar-refractivity contribution in [3.05, 3.63) is 254 Å². The molecule has 0 amide bonds. The molecule has 0 fully saturated rings. The fourth-order valence-electron chi connectivity index (χ4n) is 9.18. The van der Waals surface area contributed by atoms with Crippen LogP contribution < -0.4 is 4.90 Å². The number of allylic oxidation sites excluding steroid dienone is 4. The average Bonchev–Trinajstić information content (AvgIpc) is 3.70. The van der Waals surface area contributed by atoms with Crippen LogP contribution in [0.3, 0.4) is 0 Å². The molecule has 294 valence electrons. The molecule has 1 heterocycles. The van der Waals surface area contributed by atoms with E-state index in [1.807, 2.05) is 0 Å². The topological polar surface area (TPSA) is 8.17 Å². The predicted molar refractivity (Wildman–Crippen MR) is 263 cm³/mol. The van der Waals surface area contributed by atoms with Crippen molar-refractivity contribution in [1.29, 1.82) is 0 Å². The van der Waals surface area contributed by atoms with Crippen molar-refractivity contribution in [2.24, 2.45) is 0 Å². The second-order valence-electron chi connectivity index (χ2n) is 16.1. The Labute approximate surface area is 363 Å². The molecule has 2 heteroatoms. The van der Waals surface area contributed by atoms with Crippen molar-refractivity contribution in [1.82, 2.24) is 4.57 Å². The van der Waals surface area contributed by atoms with Crippen LogP contribution in [0.4, 0.5) is 11.4 Å². The van der Waals surface area contributed by atoms with E-state index >= 15 is 0 Å². The van der Waals surface area contributed by atoms with Crippen LogP contribution in [0.2, 0.25) is 0 Å². The molecule has 1 aromatic heterocycles. The highest BCUT2D eigenvalue weighted by Crippen LogP contribution is 2.39. The van der Waals surface area contributed by atoms with Crippen molar-refractivity contribution in [2.45, 2.75) is 12.8 Å². The summed E-state index contributed by atoms with van der Waals surface area (Å²) < 4.78 is 2.37. The first-order chi connectivity index (χ1) is 30.7. The van der Waals surface area contributed by atoms with Gasteiger partial charge in [0.05, 0.1) is 11.0 Å². The van der Waals surface area contributed by atoms with Gasteiger partial charge in [-0.25, -0.2) is 0 Å². The number of rotatable bonds is 9. The van der Waals surface area contributed by atoms with E-state index in [4.69, 9.17) is 0 Å². The molecule has 1 aliphatic carbocycles. The largest absolute Gasteiger partial charge is 0.314 e. The average molecular weight is 793 g/mol. The van der Waals surface area contributed by atoms with E-state index in [-0.39, 0.29) is 0 Å². The second-order valence-corrected chi connectivity index (χ2v) is 16.1. The summed E-state index contributed by atoms with van der Waals surface area (Å²) in [4.78, 5) is 2.44. The fraction of sp³-hybridized carbons (Fsp3) is 0.0333. The van der Waals surface area contributed by atoms with Gasteiger partial charge in [0.15, 0.2) is 0 Å². The van der Waals surface area contributed by atoms with Crippen LogP contribution in [0.1, 0.15) is 18.4 Å². The van der Waals surface area contributed by atoms with Gasteiger partial charge in [-0.2, -0.15) is 0 Å². The summed E-state index contributed by atoms with van der Waals surface area (Å²) in [6.07, 6.45) is 6.56.